The first-order valence-corrected chi connectivity index (χ1v) is 2.43. The lowest BCUT2D eigenvalue weighted by Crippen LogP contribution is -2.49. The third-order valence-electron chi connectivity index (χ3n) is 0.944. The van der Waals surface area contributed by atoms with Gasteiger partial charge in [0, 0.05) is 6.04 Å². The SMILES string of the molecule is CC(N)C(N)C(F)(F)F.Cl. The zero-order valence-corrected chi connectivity index (χ0v) is 6.17. The van der Waals surface area contributed by atoms with Gasteiger partial charge < -0.3 is 11.5 Å². The first kappa shape index (κ1) is 12.7. The van der Waals surface area contributed by atoms with Crippen molar-refractivity contribution >= 4 is 12.4 Å². The molecule has 0 aliphatic carbocycles. The van der Waals surface area contributed by atoms with Crippen molar-refractivity contribution in [2.45, 2.75) is 25.2 Å². The highest BCUT2D eigenvalue weighted by Crippen LogP contribution is 2.19. The Morgan fingerprint density at radius 3 is 1.50 bits per heavy atom. The van der Waals surface area contributed by atoms with Crippen LogP contribution in [0.4, 0.5) is 13.2 Å². The molecule has 6 heteroatoms. The molecular weight excluding hydrogens is 169 g/mol. The van der Waals surface area contributed by atoms with Crippen molar-refractivity contribution in [2.75, 3.05) is 0 Å². The second-order valence-electron chi connectivity index (χ2n) is 1.93. The first-order chi connectivity index (χ1) is 3.85. The average molecular weight is 179 g/mol. The highest BCUT2D eigenvalue weighted by atomic mass is 35.5. The molecule has 0 aliphatic rings. The molecule has 0 aromatic carbocycles. The highest BCUT2D eigenvalue weighted by Gasteiger charge is 2.38. The van der Waals surface area contributed by atoms with Gasteiger partial charge in [0.15, 0.2) is 0 Å². The molecule has 0 saturated carbocycles. The third-order valence-corrected chi connectivity index (χ3v) is 0.944. The van der Waals surface area contributed by atoms with Crippen LogP contribution < -0.4 is 11.5 Å². The molecule has 0 fully saturated rings. The van der Waals surface area contributed by atoms with Gasteiger partial charge in [0.25, 0.3) is 0 Å². The van der Waals surface area contributed by atoms with Crippen LogP contribution in [0.15, 0.2) is 0 Å². The normalized spacial score (nSPS) is 17.4. The first-order valence-electron chi connectivity index (χ1n) is 2.43. The Labute approximate surface area is 63.2 Å². The third kappa shape index (κ3) is 3.92. The molecule has 0 amide bonds. The molecule has 0 aliphatic heterocycles. The van der Waals surface area contributed by atoms with Crippen molar-refractivity contribution in [1.82, 2.24) is 0 Å². The Hall–Kier alpha value is -0.0000000000000000555. The van der Waals surface area contributed by atoms with E-state index in [4.69, 9.17) is 5.73 Å². The van der Waals surface area contributed by atoms with Crippen LogP contribution >= 0.6 is 12.4 Å². The summed E-state index contributed by atoms with van der Waals surface area (Å²) in [7, 11) is 0. The van der Waals surface area contributed by atoms with E-state index in [0.29, 0.717) is 0 Å². The van der Waals surface area contributed by atoms with E-state index in [9.17, 15) is 13.2 Å². The van der Waals surface area contributed by atoms with Crippen LogP contribution in [0.3, 0.4) is 0 Å². The second-order valence-corrected chi connectivity index (χ2v) is 1.93. The Bertz CT molecular complexity index is 93.0. The van der Waals surface area contributed by atoms with Gasteiger partial charge in [-0.15, -0.1) is 12.4 Å². The molecule has 2 nitrogen and oxygen atoms in total. The van der Waals surface area contributed by atoms with Gasteiger partial charge >= 0.3 is 6.18 Å². The average Bonchev–Trinajstić information content (AvgIpc) is 1.62. The quantitative estimate of drug-likeness (QED) is 0.619. The number of alkyl halides is 3. The summed E-state index contributed by atoms with van der Waals surface area (Å²) in [6.07, 6.45) is -4.37. The summed E-state index contributed by atoms with van der Waals surface area (Å²) in [5, 5.41) is 0. The predicted molar refractivity (Wildman–Crippen MR) is 34.9 cm³/mol. The molecule has 64 valence electrons. The van der Waals surface area contributed by atoms with Gasteiger partial charge in [-0.3, -0.25) is 0 Å². The minimum atomic E-state index is -4.37. The number of halogens is 4. The van der Waals surface area contributed by atoms with Gasteiger partial charge in [0.2, 0.25) is 0 Å². The topological polar surface area (TPSA) is 52.0 Å². The number of hydrogen-bond donors (Lipinski definition) is 2. The Morgan fingerprint density at radius 2 is 1.50 bits per heavy atom. The molecule has 2 unspecified atom stereocenters. The number of hydrogen-bond acceptors (Lipinski definition) is 2. The largest absolute Gasteiger partial charge is 0.405 e. The minimum absolute atomic E-state index is 0. The van der Waals surface area contributed by atoms with E-state index in [1.807, 2.05) is 0 Å². The van der Waals surface area contributed by atoms with E-state index < -0.39 is 18.3 Å². The van der Waals surface area contributed by atoms with Crippen LogP contribution in [0, 0.1) is 0 Å². The van der Waals surface area contributed by atoms with Gasteiger partial charge in [-0.2, -0.15) is 13.2 Å². The maximum atomic E-state index is 11.5. The molecular formula is C4H10ClF3N2. The molecule has 0 rings (SSSR count). The van der Waals surface area contributed by atoms with Crippen LogP contribution in [0.1, 0.15) is 6.92 Å². The Balaban J connectivity index is 0. The summed E-state index contributed by atoms with van der Waals surface area (Å²) in [4.78, 5) is 0. The molecule has 2 atom stereocenters. The van der Waals surface area contributed by atoms with E-state index in [1.54, 1.807) is 0 Å². The van der Waals surface area contributed by atoms with Crippen LogP contribution in [0.25, 0.3) is 0 Å². The van der Waals surface area contributed by atoms with Crippen molar-refractivity contribution in [3.8, 4) is 0 Å². The summed E-state index contributed by atoms with van der Waals surface area (Å²) in [6, 6.07) is -2.94. The second kappa shape index (κ2) is 4.00. The maximum absolute atomic E-state index is 11.5. The van der Waals surface area contributed by atoms with Crippen molar-refractivity contribution in [2.24, 2.45) is 11.5 Å². The molecule has 0 heterocycles. The van der Waals surface area contributed by atoms with Gasteiger partial charge in [0.1, 0.15) is 6.04 Å². The Morgan fingerprint density at radius 1 is 1.20 bits per heavy atom. The van der Waals surface area contributed by atoms with Gasteiger partial charge in [-0.05, 0) is 6.92 Å². The lowest BCUT2D eigenvalue weighted by Gasteiger charge is -2.18. The standard InChI is InChI=1S/C4H9F3N2.ClH/c1-2(8)3(9)4(5,6)7;/h2-3H,8-9H2,1H3;1H. The molecule has 4 N–H and O–H groups in total. The molecule has 0 aromatic heterocycles. The fourth-order valence-corrected chi connectivity index (χ4v) is 0.298. The number of rotatable bonds is 1. The van der Waals surface area contributed by atoms with Crippen molar-refractivity contribution in [1.29, 1.82) is 0 Å². The van der Waals surface area contributed by atoms with Crippen LogP contribution in [-0.2, 0) is 0 Å². The fraction of sp³-hybridized carbons (Fsp3) is 1.00. The van der Waals surface area contributed by atoms with E-state index in [1.165, 1.54) is 6.92 Å². The van der Waals surface area contributed by atoms with Crippen LogP contribution in [0.5, 0.6) is 0 Å². The lowest BCUT2D eigenvalue weighted by molar-refractivity contribution is -0.150. The van der Waals surface area contributed by atoms with E-state index >= 15 is 0 Å². The van der Waals surface area contributed by atoms with E-state index in [-0.39, 0.29) is 12.4 Å². The smallest absolute Gasteiger partial charge is 0.326 e. The Kier molecular flexibility index (Phi) is 5.06. The summed E-state index contributed by atoms with van der Waals surface area (Å²) in [5.74, 6) is 0. The zero-order valence-electron chi connectivity index (χ0n) is 5.35. The molecule has 0 radical (unpaired) electrons. The van der Waals surface area contributed by atoms with Crippen LogP contribution in [0.2, 0.25) is 0 Å². The van der Waals surface area contributed by atoms with Crippen molar-refractivity contribution in [3.05, 3.63) is 0 Å². The van der Waals surface area contributed by atoms with Gasteiger partial charge in [-0.25, -0.2) is 0 Å². The highest BCUT2D eigenvalue weighted by molar-refractivity contribution is 5.85. The molecule has 0 saturated heterocycles. The van der Waals surface area contributed by atoms with Gasteiger partial charge in [0.05, 0.1) is 0 Å². The van der Waals surface area contributed by atoms with Crippen molar-refractivity contribution in [3.63, 3.8) is 0 Å². The predicted octanol–water partition coefficient (Wildman–Crippen LogP) is 0.645. The summed E-state index contributed by atoms with van der Waals surface area (Å²) in [6.45, 7) is 1.22. The molecule has 0 bridgehead atoms. The molecule has 10 heavy (non-hydrogen) atoms. The maximum Gasteiger partial charge on any atom is 0.405 e. The summed E-state index contributed by atoms with van der Waals surface area (Å²) in [5.41, 5.74) is 9.52. The fourth-order valence-electron chi connectivity index (χ4n) is 0.298. The van der Waals surface area contributed by atoms with E-state index in [2.05, 4.69) is 5.73 Å². The monoisotopic (exact) mass is 178 g/mol. The van der Waals surface area contributed by atoms with Gasteiger partial charge in [-0.1, -0.05) is 0 Å². The summed E-state index contributed by atoms with van der Waals surface area (Å²) >= 11 is 0. The minimum Gasteiger partial charge on any atom is -0.326 e. The van der Waals surface area contributed by atoms with E-state index in [0.717, 1.165) is 0 Å². The zero-order chi connectivity index (χ0) is 7.65. The van der Waals surface area contributed by atoms with Crippen LogP contribution in [-0.4, -0.2) is 18.3 Å². The molecule has 0 spiro atoms. The number of nitrogens with two attached hydrogens (primary N) is 2. The lowest BCUT2D eigenvalue weighted by atomic mass is 10.2. The molecule has 0 aromatic rings. The van der Waals surface area contributed by atoms with Crippen molar-refractivity contribution < 1.29 is 13.2 Å². The summed E-state index contributed by atoms with van der Waals surface area (Å²) < 4.78 is 34.5.